The lowest BCUT2D eigenvalue weighted by molar-refractivity contribution is 0.139. The molecule has 92 valence electrons. The minimum absolute atomic E-state index is 0.0238. The van der Waals surface area contributed by atoms with Crippen molar-refractivity contribution in [1.82, 2.24) is 0 Å². The quantitative estimate of drug-likeness (QED) is 0.638. The zero-order valence-corrected chi connectivity index (χ0v) is 10.8. The van der Waals surface area contributed by atoms with E-state index in [2.05, 4.69) is 0 Å². The zero-order valence-electron chi connectivity index (χ0n) is 10.8. The number of hydrogen-bond donors (Lipinski definition) is 3. The van der Waals surface area contributed by atoms with Crippen LogP contribution in [0.4, 0.5) is 0 Å². The maximum Gasteiger partial charge on any atom is 0.0987 e. The molecule has 0 atom stereocenters. The van der Waals surface area contributed by atoms with E-state index >= 15 is 0 Å². The van der Waals surface area contributed by atoms with Crippen molar-refractivity contribution in [2.24, 2.45) is 11.3 Å². The number of aliphatic hydroxyl groups excluding tert-OH is 3. The second kappa shape index (κ2) is 7.71. The lowest BCUT2D eigenvalue weighted by atomic mass is 9.90. The predicted molar refractivity (Wildman–Crippen MR) is 63.8 cm³/mol. The average molecular weight is 218 g/mol. The van der Waals surface area contributed by atoms with Crippen molar-refractivity contribution in [1.29, 1.82) is 0 Å². The van der Waals surface area contributed by atoms with Crippen LogP contribution < -0.4 is 0 Å². The molecule has 0 heterocycles. The Hall–Kier alpha value is -0.540. The lowest BCUT2D eigenvalue weighted by Crippen LogP contribution is -2.20. The molecule has 0 amide bonds. The smallest absolute Gasteiger partial charge is 0.0987 e. The van der Waals surface area contributed by atoms with E-state index in [1.807, 2.05) is 27.7 Å². The van der Waals surface area contributed by atoms with Gasteiger partial charge in [-0.3, -0.25) is 0 Å². The monoisotopic (exact) mass is 218 g/mol. The van der Waals surface area contributed by atoms with Crippen molar-refractivity contribution < 1.29 is 15.3 Å². The Kier molecular flexibility index (Phi) is 8.68. The molecule has 0 fully saturated rings. The van der Waals surface area contributed by atoms with Crippen LogP contribution >= 0.6 is 0 Å². The third-order valence-electron chi connectivity index (χ3n) is 1.88. The van der Waals surface area contributed by atoms with Gasteiger partial charge in [0.05, 0.1) is 12.4 Å². The van der Waals surface area contributed by atoms with Gasteiger partial charge in [0.15, 0.2) is 0 Å². The van der Waals surface area contributed by atoms with Crippen LogP contribution in [-0.4, -0.2) is 28.5 Å². The van der Waals surface area contributed by atoms with E-state index < -0.39 is 5.41 Å². The first-order chi connectivity index (χ1) is 6.68. The highest BCUT2D eigenvalue weighted by atomic mass is 16.3. The Balaban J connectivity index is 0. The van der Waals surface area contributed by atoms with Gasteiger partial charge in [-0.1, -0.05) is 27.7 Å². The summed E-state index contributed by atoms with van der Waals surface area (Å²) in [7, 11) is 0. The summed E-state index contributed by atoms with van der Waals surface area (Å²) in [4.78, 5) is 0. The fourth-order valence-electron chi connectivity index (χ4n) is 0.752. The van der Waals surface area contributed by atoms with Gasteiger partial charge in [-0.25, -0.2) is 0 Å². The summed E-state index contributed by atoms with van der Waals surface area (Å²) < 4.78 is 0. The van der Waals surface area contributed by atoms with E-state index in [1.54, 1.807) is 13.8 Å². The van der Waals surface area contributed by atoms with Gasteiger partial charge in [0.2, 0.25) is 0 Å². The highest BCUT2D eigenvalue weighted by Gasteiger charge is 2.22. The summed E-state index contributed by atoms with van der Waals surface area (Å²) in [6, 6.07) is 0. The molecule has 0 aliphatic carbocycles. The summed E-state index contributed by atoms with van der Waals surface area (Å²) in [5, 5.41) is 26.3. The number of aliphatic hydroxyl groups is 3. The molecule has 0 radical (unpaired) electrons. The van der Waals surface area contributed by atoms with Crippen molar-refractivity contribution in [2.45, 2.75) is 41.5 Å². The van der Waals surface area contributed by atoms with Gasteiger partial charge in [0, 0.05) is 12.0 Å². The van der Waals surface area contributed by atoms with E-state index in [4.69, 9.17) is 10.2 Å². The summed E-state index contributed by atoms with van der Waals surface area (Å²) in [5.74, 6) is 0.727. The molecule has 0 aromatic carbocycles. The molecule has 3 heteroatoms. The second-order valence-electron chi connectivity index (χ2n) is 4.97. The molecule has 3 N–H and O–H groups in total. The Morgan fingerprint density at radius 1 is 1.13 bits per heavy atom. The molecule has 0 aromatic heterocycles. The summed E-state index contributed by atoms with van der Waals surface area (Å²) in [6.45, 7) is 11.5. The second-order valence-corrected chi connectivity index (χ2v) is 4.97. The Bertz CT molecular complexity index is 189. The standard InChI is InChI=1S/C8H16O2.C4H10O/c1-6(2)7(10)8(3,4)5-9;1-4(2)3-5/h9-10H,5H2,1-4H3;4-5H,3H2,1-2H3. The predicted octanol–water partition coefficient (Wildman–Crippen LogP) is 2.49. The fourth-order valence-corrected chi connectivity index (χ4v) is 0.752. The molecule has 0 saturated carbocycles. The maximum absolute atomic E-state index is 9.37. The molecule has 0 spiro atoms. The largest absolute Gasteiger partial charge is 0.512 e. The highest BCUT2D eigenvalue weighted by Crippen LogP contribution is 2.25. The summed E-state index contributed by atoms with van der Waals surface area (Å²) >= 11 is 0. The van der Waals surface area contributed by atoms with Crippen molar-refractivity contribution in [3.63, 3.8) is 0 Å². The molecular formula is C12H26O3. The summed E-state index contributed by atoms with van der Waals surface area (Å²) in [6.07, 6.45) is 0. The van der Waals surface area contributed by atoms with Gasteiger partial charge < -0.3 is 15.3 Å². The van der Waals surface area contributed by atoms with E-state index in [-0.39, 0.29) is 12.4 Å². The number of rotatable bonds is 3. The minimum atomic E-state index is -0.487. The highest BCUT2D eigenvalue weighted by molar-refractivity contribution is 5.09. The van der Waals surface area contributed by atoms with Crippen molar-refractivity contribution in [2.75, 3.05) is 13.2 Å². The molecule has 0 aromatic rings. The van der Waals surface area contributed by atoms with E-state index in [0.29, 0.717) is 12.5 Å². The minimum Gasteiger partial charge on any atom is -0.512 e. The van der Waals surface area contributed by atoms with Gasteiger partial charge in [0.1, 0.15) is 0 Å². The maximum atomic E-state index is 9.37. The van der Waals surface area contributed by atoms with Crippen LogP contribution in [0, 0.1) is 11.3 Å². The van der Waals surface area contributed by atoms with Crippen LogP contribution in [0.3, 0.4) is 0 Å². The molecule has 0 aliphatic rings. The Morgan fingerprint density at radius 2 is 1.47 bits per heavy atom. The lowest BCUT2D eigenvalue weighted by Gasteiger charge is -2.21. The fraction of sp³-hybridized carbons (Fsp3) is 0.833. The average Bonchev–Trinajstić information content (AvgIpc) is 2.17. The van der Waals surface area contributed by atoms with Crippen LogP contribution in [0.5, 0.6) is 0 Å². The van der Waals surface area contributed by atoms with Gasteiger partial charge >= 0.3 is 0 Å². The molecular weight excluding hydrogens is 192 g/mol. The van der Waals surface area contributed by atoms with Gasteiger partial charge in [0.25, 0.3) is 0 Å². The Labute approximate surface area is 93.5 Å². The van der Waals surface area contributed by atoms with E-state index in [0.717, 1.165) is 5.57 Å². The molecule has 15 heavy (non-hydrogen) atoms. The van der Waals surface area contributed by atoms with Crippen LogP contribution in [-0.2, 0) is 0 Å². The first-order valence-corrected chi connectivity index (χ1v) is 5.27. The van der Waals surface area contributed by atoms with Gasteiger partial charge in [-0.05, 0) is 25.3 Å². The third-order valence-corrected chi connectivity index (χ3v) is 1.88. The van der Waals surface area contributed by atoms with Crippen molar-refractivity contribution in [3.8, 4) is 0 Å². The normalized spacial score (nSPS) is 10.7. The zero-order chi connectivity index (χ0) is 12.6. The SMILES string of the molecule is CC(C)=C(O)C(C)(C)CO.CC(C)CO. The van der Waals surface area contributed by atoms with Crippen LogP contribution in [0.2, 0.25) is 0 Å². The Morgan fingerprint density at radius 3 is 1.53 bits per heavy atom. The number of allylic oxidation sites excluding steroid dienone is 1. The topological polar surface area (TPSA) is 60.7 Å². The van der Waals surface area contributed by atoms with E-state index in [9.17, 15) is 5.11 Å². The molecule has 0 aliphatic heterocycles. The van der Waals surface area contributed by atoms with Crippen molar-refractivity contribution in [3.05, 3.63) is 11.3 Å². The van der Waals surface area contributed by atoms with Crippen LogP contribution in [0.1, 0.15) is 41.5 Å². The first-order valence-electron chi connectivity index (χ1n) is 5.27. The molecule has 0 unspecified atom stereocenters. The summed E-state index contributed by atoms with van der Waals surface area (Å²) in [5.41, 5.74) is 0.373. The molecule has 0 bridgehead atoms. The van der Waals surface area contributed by atoms with Gasteiger partial charge in [-0.2, -0.15) is 0 Å². The first kappa shape index (κ1) is 16.9. The molecule has 0 saturated heterocycles. The van der Waals surface area contributed by atoms with Crippen LogP contribution in [0.15, 0.2) is 11.3 Å². The number of hydrogen-bond acceptors (Lipinski definition) is 3. The van der Waals surface area contributed by atoms with Crippen LogP contribution in [0.25, 0.3) is 0 Å². The molecule has 0 rings (SSSR count). The van der Waals surface area contributed by atoms with E-state index in [1.165, 1.54) is 0 Å². The third kappa shape index (κ3) is 8.45. The van der Waals surface area contributed by atoms with Crippen molar-refractivity contribution >= 4 is 0 Å². The van der Waals surface area contributed by atoms with Gasteiger partial charge in [-0.15, -0.1) is 0 Å². The molecule has 3 nitrogen and oxygen atoms in total.